The van der Waals surface area contributed by atoms with Gasteiger partial charge < -0.3 is 25.2 Å². The van der Waals surface area contributed by atoms with Gasteiger partial charge in [0.2, 0.25) is 0 Å². The second kappa shape index (κ2) is 39.4. The van der Waals surface area contributed by atoms with Crippen molar-refractivity contribution >= 4 is 19.8 Å². The molecule has 55 heavy (non-hydrogen) atoms. The summed E-state index contributed by atoms with van der Waals surface area (Å²) in [6.45, 7) is 3.55. The molecule has 10 nitrogen and oxygen atoms in total. The third kappa shape index (κ3) is 39.2. The molecule has 3 unspecified atom stereocenters. The summed E-state index contributed by atoms with van der Waals surface area (Å²) in [5.74, 6) is -1.81. The van der Waals surface area contributed by atoms with Gasteiger partial charge in [0.1, 0.15) is 12.1 Å². The molecule has 314 valence electrons. The van der Waals surface area contributed by atoms with Gasteiger partial charge in [-0.15, -0.1) is 0 Å². The van der Waals surface area contributed by atoms with E-state index in [0.717, 1.165) is 116 Å². The summed E-state index contributed by atoms with van der Waals surface area (Å²) in [5.41, 5.74) is 5.34. The molecule has 0 aliphatic heterocycles. The molecule has 0 heterocycles. The number of esters is 1. The Balaban J connectivity index is 4.34. The van der Waals surface area contributed by atoms with E-state index in [4.69, 9.17) is 29.4 Å². The lowest BCUT2D eigenvalue weighted by Gasteiger charge is -2.20. The first-order valence-electron chi connectivity index (χ1n) is 20.6. The zero-order chi connectivity index (χ0) is 40.5. The summed E-state index contributed by atoms with van der Waals surface area (Å²) in [6, 6.07) is -1.48. The van der Waals surface area contributed by atoms with Crippen LogP contribution in [0.15, 0.2) is 85.1 Å². The fraction of sp³-hybridized carbons (Fsp3) is 0.636. The van der Waals surface area contributed by atoms with Gasteiger partial charge in [0.15, 0.2) is 0 Å². The van der Waals surface area contributed by atoms with Crippen molar-refractivity contribution in [1.29, 1.82) is 0 Å². The lowest BCUT2D eigenvalue weighted by Crippen LogP contribution is -2.34. The van der Waals surface area contributed by atoms with Crippen molar-refractivity contribution < 1.29 is 42.7 Å². The van der Waals surface area contributed by atoms with E-state index in [1.54, 1.807) is 0 Å². The quantitative estimate of drug-likeness (QED) is 0.0238. The number of aliphatic carboxylic acids is 1. The molecule has 0 rings (SSSR count). The number of unbranched alkanes of at least 4 members (excludes halogenated alkanes) is 10. The molecule has 0 saturated carbocycles. The van der Waals surface area contributed by atoms with Crippen LogP contribution < -0.4 is 5.73 Å². The number of ether oxygens (including phenoxy) is 2. The molecule has 0 radical (unpaired) electrons. The van der Waals surface area contributed by atoms with Crippen LogP contribution in [0.25, 0.3) is 0 Å². The van der Waals surface area contributed by atoms with E-state index >= 15 is 0 Å². The first-order chi connectivity index (χ1) is 26.7. The van der Waals surface area contributed by atoms with Crippen molar-refractivity contribution in [3.8, 4) is 0 Å². The number of nitrogens with two attached hydrogens (primary N) is 1. The van der Waals surface area contributed by atoms with Crippen LogP contribution in [0.2, 0.25) is 0 Å². The minimum atomic E-state index is -4.63. The Morgan fingerprint density at radius 2 is 1.00 bits per heavy atom. The fourth-order valence-corrected chi connectivity index (χ4v) is 5.80. The zero-order valence-corrected chi connectivity index (χ0v) is 34.9. The van der Waals surface area contributed by atoms with Gasteiger partial charge in [0.25, 0.3) is 0 Å². The summed E-state index contributed by atoms with van der Waals surface area (Å²) in [4.78, 5) is 33.5. The predicted octanol–water partition coefficient (Wildman–Crippen LogP) is 11.2. The number of hydrogen-bond acceptors (Lipinski definition) is 8. The predicted molar refractivity (Wildman–Crippen MR) is 226 cm³/mol. The Kier molecular flexibility index (Phi) is 37.3. The fourth-order valence-electron chi connectivity index (χ4n) is 5.02. The van der Waals surface area contributed by atoms with Crippen LogP contribution in [0.4, 0.5) is 0 Å². The van der Waals surface area contributed by atoms with Crippen molar-refractivity contribution in [3.63, 3.8) is 0 Å². The average molecular weight is 792 g/mol. The molecule has 11 heteroatoms. The van der Waals surface area contributed by atoms with Crippen molar-refractivity contribution in [1.82, 2.24) is 0 Å². The number of phosphoric acid groups is 1. The van der Waals surface area contributed by atoms with E-state index in [0.29, 0.717) is 13.0 Å². The number of carboxylic acids is 1. The van der Waals surface area contributed by atoms with Crippen LogP contribution in [0.5, 0.6) is 0 Å². The molecule has 0 aromatic heterocycles. The lowest BCUT2D eigenvalue weighted by molar-refractivity contribution is -0.154. The van der Waals surface area contributed by atoms with Gasteiger partial charge in [0, 0.05) is 13.0 Å². The molecule has 0 aromatic carbocycles. The Labute approximate surface area is 333 Å². The minimum absolute atomic E-state index is 0.00977. The molecule has 0 saturated heterocycles. The molecule has 0 amide bonds. The topological polar surface area (TPSA) is 155 Å². The van der Waals surface area contributed by atoms with Crippen LogP contribution in [0, 0.1) is 0 Å². The number of allylic oxidation sites excluding steroid dienone is 14. The van der Waals surface area contributed by atoms with Crippen molar-refractivity contribution in [2.24, 2.45) is 5.73 Å². The lowest BCUT2D eigenvalue weighted by atomic mass is 10.1. The summed E-state index contributed by atoms with van der Waals surface area (Å²) in [5, 5.41) is 8.88. The van der Waals surface area contributed by atoms with Crippen molar-refractivity contribution in [3.05, 3.63) is 85.1 Å². The molecule has 4 N–H and O–H groups in total. The standard InChI is InChI=1S/C44H74NO9P/c1-3-5-7-9-11-13-15-17-19-20-21-22-23-24-26-28-30-32-34-36-43(46)54-41(39-52-55(49,50)53-40-42(45)44(47)48)38-51-37-35-33-31-29-27-25-18-16-14-12-10-8-6-4-2/h5-8,11-14,17-19,21-22,25,41-42H,3-4,9-10,15-16,20,23-24,26-40,45H2,1-2H3,(H,47,48)(H,49,50)/b7-5-,8-6-,13-11-,14-12-,19-17-,22-21-,25-18-. The molecule has 0 aromatic rings. The summed E-state index contributed by atoms with van der Waals surface area (Å²) in [7, 11) is -4.63. The van der Waals surface area contributed by atoms with E-state index in [1.807, 2.05) is 0 Å². The Morgan fingerprint density at radius 3 is 1.49 bits per heavy atom. The van der Waals surface area contributed by atoms with Crippen LogP contribution >= 0.6 is 7.82 Å². The molecule has 0 aliphatic rings. The molecular formula is C44H74NO9P. The number of carbonyl (C=O) groups excluding carboxylic acids is 1. The molecule has 0 bridgehead atoms. The van der Waals surface area contributed by atoms with Gasteiger partial charge in [-0.25, -0.2) is 4.57 Å². The normalized spacial score (nSPS) is 14.8. The second-order valence-electron chi connectivity index (χ2n) is 13.3. The molecule has 0 spiro atoms. The van der Waals surface area contributed by atoms with Crippen LogP contribution in [-0.2, 0) is 32.7 Å². The monoisotopic (exact) mass is 792 g/mol. The number of rotatable bonds is 38. The van der Waals surface area contributed by atoms with Gasteiger partial charge >= 0.3 is 19.8 Å². The van der Waals surface area contributed by atoms with Gasteiger partial charge in [-0.2, -0.15) is 0 Å². The number of carbonyl (C=O) groups is 2. The average Bonchev–Trinajstić information content (AvgIpc) is 3.16. The number of phosphoric ester groups is 1. The third-order valence-electron chi connectivity index (χ3n) is 8.17. The minimum Gasteiger partial charge on any atom is -0.480 e. The van der Waals surface area contributed by atoms with E-state index in [1.165, 1.54) is 0 Å². The maximum absolute atomic E-state index is 12.6. The second-order valence-corrected chi connectivity index (χ2v) is 14.8. The maximum atomic E-state index is 12.6. The number of hydrogen-bond donors (Lipinski definition) is 3. The highest BCUT2D eigenvalue weighted by atomic mass is 31.2. The van der Waals surface area contributed by atoms with Gasteiger partial charge in [-0.05, 0) is 83.5 Å². The molecule has 0 fully saturated rings. The maximum Gasteiger partial charge on any atom is 0.472 e. The Bertz CT molecular complexity index is 1190. The van der Waals surface area contributed by atoms with E-state index in [-0.39, 0.29) is 13.0 Å². The summed E-state index contributed by atoms with van der Waals surface area (Å²) >= 11 is 0. The molecule has 0 aliphatic carbocycles. The molecule has 3 atom stereocenters. The highest BCUT2D eigenvalue weighted by Crippen LogP contribution is 2.43. The molecular weight excluding hydrogens is 717 g/mol. The first-order valence-corrected chi connectivity index (χ1v) is 22.1. The summed E-state index contributed by atoms with van der Waals surface area (Å²) in [6.07, 6.45) is 49.2. The Morgan fingerprint density at radius 1 is 0.582 bits per heavy atom. The number of carboxylic acid groups (broad SMARTS) is 1. The highest BCUT2D eigenvalue weighted by molar-refractivity contribution is 7.47. The highest BCUT2D eigenvalue weighted by Gasteiger charge is 2.27. The SMILES string of the molecule is CC/C=C\C/C=C\C/C=C\C/C=C\CCCCCCCCC(=O)OC(COCCCCCC/C=C\C/C=C\C/C=C\CC)COP(=O)(O)OCC(N)C(=O)O. The zero-order valence-electron chi connectivity index (χ0n) is 34.0. The Hall–Kier alpha value is -2.85. The van der Waals surface area contributed by atoms with E-state index in [9.17, 15) is 19.0 Å². The summed E-state index contributed by atoms with van der Waals surface area (Å²) < 4.78 is 33.3. The van der Waals surface area contributed by atoms with Gasteiger partial charge in [-0.3, -0.25) is 18.6 Å². The first kappa shape index (κ1) is 52.2. The van der Waals surface area contributed by atoms with Gasteiger partial charge in [0.05, 0.1) is 19.8 Å². The van der Waals surface area contributed by atoms with Crippen LogP contribution in [0.1, 0.15) is 142 Å². The van der Waals surface area contributed by atoms with Crippen molar-refractivity contribution in [2.45, 2.75) is 154 Å². The van der Waals surface area contributed by atoms with Crippen molar-refractivity contribution in [2.75, 3.05) is 26.4 Å². The smallest absolute Gasteiger partial charge is 0.472 e. The van der Waals surface area contributed by atoms with Gasteiger partial charge in [-0.1, -0.05) is 137 Å². The van der Waals surface area contributed by atoms with E-state index < -0.39 is 45.1 Å². The van der Waals surface area contributed by atoms with Crippen LogP contribution in [0.3, 0.4) is 0 Å². The van der Waals surface area contributed by atoms with Crippen LogP contribution in [-0.4, -0.2) is 60.5 Å². The largest absolute Gasteiger partial charge is 0.480 e. The third-order valence-corrected chi connectivity index (χ3v) is 9.12. The van der Waals surface area contributed by atoms with E-state index in [2.05, 4.69) is 98.9 Å².